The molecule has 37 heavy (non-hydrogen) atoms. The molecule has 2 amide bonds. The minimum Gasteiger partial charge on any atom is -0.490 e. The van der Waals surface area contributed by atoms with E-state index in [1.807, 2.05) is 32.0 Å². The molecule has 3 aliphatic heterocycles. The van der Waals surface area contributed by atoms with Crippen LogP contribution in [0.15, 0.2) is 65.7 Å². The van der Waals surface area contributed by atoms with Crippen molar-refractivity contribution in [1.82, 2.24) is 4.90 Å². The first-order chi connectivity index (χ1) is 17.7. The Morgan fingerprint density at radius 3 is 2.24 bits per heavy atom. The standard InChI is InChI=1S/C31H30N2O4/c1-5-36-24-15-20-16-31(4,18-33-28(34)21-13-9-10-14-22(21)29(33)35)32-26(19-11-7-6-8-12-19)25(20)23-17-30(2,3)37-27(23)24/h6-15H,5,16-18H2,1-4H3. The van der Waals surface area contributed by atoms with Gasteiger partial charge in [0.1, 0.15) is 5.60 Å². The van der Waals surface area contributed by atoms with Crippen LogP contribution >= 0.6 is 0 Å². The molecule has 1 atom stereocenters. The Hall–Kier alpha value is -3.93. The molecule has 0 aromatic heterocycles. The van der Waals surface area contributed by atoms with Crippen molar-refractivity contribution in [2.75, 3.05) is 13.2 Å². The fraction of sp³-hybridized carbons (Fsp3) is 0.323. The van der Waals surface area contributed by atoms with Gasteiger partial charge in [0.2, 0.25) is 0 Å². The molecule has 0 N–H and O–H groups in total. The smallest absolute Gasteiger partial charge is 0.261 e. The van der Waals surface area contributed by atoms with Gasteiger partial charge in [-0.1, -0.05) is 42.5 Å². The zero-order valence-electron chi connectivity index (χ0n) is 21.6. The molecule has 3 aromatic carbocycles. The van der Waals surface area contributed by atoms with Crippen LogP contribution in [0.2, 0.25) is 0 Å². The lowest BCUT2D eigenvalue weighted by Gasteiger charge is -2.36. The fourth-order valence-corrected chi connectivity index (χ4v) is 5.86. The second-order valence-corrected chi connectivity index (χ2v) is 10.9. The number of ether oxygens (including phenoxy) is 2. The van der Waals surface area contributed by atoms with Crippen molar-refractivity contribution >= 4 is 17.5 Å². The van der Waals surface area contributed by atoms with E-state index in [1.165, 1.54) is 4.90 Å². The van der Waals surface area contributed by atoms with E-state index in [4.69, 9.17) is 14.5 Å². The molecule has 0 bridgehead atoms. The second kappa shape index (κ2) is 8.30. The molecule has 3 aromatic rings. The number of hydrogen-bond donors (Lipinski definition) is 0. The predicted molar refractivity (Wildman–Crippen MR) is 142 cm³/mol. The molecule has 0 saturated carbocycles. The van der Waals surface area contributed by atoms with E-state index in [0.29, 0.717) is 24.2 Å². The number of imide groups is 1. The van der Waals surface area contributed by atoms with E-state index < -0.39 is 5.54 Å². The zero-order valence-corrected chi connectivity index (χ0v) is 21.6. The number of aliphatic imine (C=N–C) groups is 1. The molecule has 0 radical (unpaired) electrons. The summed E-state index contributed by atoms with van der Waals surface area (Å²) in [6, 6.07) is 19.2. The Balaban J connectivity index is 1.49. The summed E-state index contributed by atoms with van der Waals surface area (Å²) >= 11 is 0. The highest BCUT2D eigenvalue weighted by molar-refractivity contribution is 6.21. The van der Waals surface area contributed by atoms with Gasteiger partial charge >= 0.3 is 0 Å². The van der Waals surface area contributed by atoms with E-state index in [-0.39, 0.29) is 24.0 Å². The van der Waals surface area contributed by atoms with Gasteiger partial charge in [0, 0.05) is 23.1 Å². The molecule has 6 heteroatoms. The highest BCUT2D eigenvalue weighted by Crippen LogP contribution is 2.48. The number of nitrogens with zero attached hydrogens (tertiary/aromatic N) is 2. The predicted octanol–water partition coefficient (Wildman–Crippen LogP) is 5.25. The van der Waals surface area contributed by atoms with Crippen molar-refractivity contribution in [2.24, 2.45) is 4.99 Å². The van der Waals surface area contributed by atoms with Gasteiger partial charge in [-0.3, -0.25) is 19.5 Å². The Kier molecular flexibility index (Phi) is 5.26. The van der Waals surface area contributed by atoms with Gasteiger partial charge in [-0.05, 0) is 57.9 Å². The molecule has 0 fully saturated rings. The third-order valence-corrected chi connectivity index (χ3v) is 7.32. The summed E-state index contributed by atoms with van der Waals surface area (Å²) < 4.78 is 12.4. The van der Waals surface area contributed by atoms with Crippen molar-refractivity contribution in [2.45, 2.75) is 51.7 Å². The summed E-state index contributed by atoms with van der Waals surface area (Å²) in [6.45, 7) is 8.89. The number of carbonyl (C=O) groups is 2. The topological polar surface area (TPSA) is 68.2 Å². The number of rotatable bonds is 5. The maximum absolute atomic E-state index is 13.2. The van der Waals surface area contributed by atoms with E-state index in [2.05, 4.69) is 32.0 Å². The average molecular weight is 495 g/mol. The summed E-state index contributed by atoms with van der Waals surface area (Å²) in [6.07, 6.45) is 1.31. The third kappa shape index (κ3) is 3.82. The maximum atomic E-state index is 13.2. The molecule has 3 heterocycles. The molecule has 0 aliphatic carbocycles. The summed E-state index contributed by atoms with van der Waals surface area (Å²) in [5.74, 6) is 1.00. The largest absolute Gasteiger partial charge is 0.490 e. The van der Waals surface area contributed by atoms with E-state index in [1.54, 1.807) is 24.3 Å². The highest BCUT2D eigenvalue weighted by Gasteiger charge is 2.44. The van der Waals surface area contributed by atoms with Crippen LogP contribution in [0.25, 0.3) is 0 Å². The Morgan fingerprint density at radius 1 is 0.946 bits per heavy atom. The molecule has 3 aliphatic rings. The van der Waals surface area contributed by atoms with Crippen LogP contribution in [0.4, 0.5) is 0 Å². The lowest BCUT2D eigenvalue weighted by atomic mass is 9.80. The summed E-state index contributed by atoms with van der Waals surface area (Å²) in [5.41, 5.74) is 4.98. The van der Waals surface area contributed by atoms with Crippen LogP contribution in [0.1, 0.15) is 70.7 Å². The van der Waals surface area contributed by atoms with E-state index in [9.17, 15) is 9.59 Å². The maximum Gasteiger partial charge on any atom is 0.261 e. The van der Waals surface area contributed by atoms with Gasteiger partial charge in [0.25, 0.3) is 11.8 Å². The average Bonchev–Trinajstić information content (AvgIpc) is 3.32. The number of carbonyl (C=O) groups excluding carboxylic acids is 2. The first-order valence-corrected chi connectivity index (χ1v) is 12.8. The minimum atomic E-state index is -0.710. The number of fused-ring (bicyclic) bond motifs is 4. The second-order valence-electron chi connectivity index (χ2n) is 10.9. The van der Waals surface area contributed by atoms with Gasteiger partial charge < -0.3 is 9.47 Å². The van der Waals surface area contributed by atoms with E-state index in [0.717, 1.165) is 45.9 Å². The third-order valence-electron chi connectivity index (χ3n) is 7.32. The van der Waals surface area contributed by atoms with Crippen molar-refractivity contribution in [3.8, 4) is 11.5 Å². The number of benzene rings is 3. The van der Waals surface area contributed by atoms with Gasteiger partial charge in [-0.25, -0.2) is 0 Å². The van der Waals surface area contributed by atoms with Crippen molar-refractivity contribution in [3.05, 3.63) is 94.0 Å². The van der Waals surface area contributed by atoms with Crippen LogP contribution in [-0.2, 0) is 12.8 Å². The molecule has 188 valence electrons. The molecule has 1 unspecified atom stereocenters. The molecule has 6 rings (SSSR count). The molecule has 0 spiro atoms. The monoisotopic (exact) mass is 494 g/mol. The Labute approximate surface area is 216 Å². The molecule has 0 saturated heterocycles. The lowest BCUT2D eigenvalue weighted by Crippen LogP contribution is -2.46. The van der Waals surface area contributed by atoms with Crippen LogP contribution in [-0.4, -0.2) is 46.7 Å². The van der Waals surface area contributed by atoms with Crippen LogP contribution < -0.4 is 9.47 Å². The van der Waals surface area contributed by atoms with Gasteiger partial charge in [-0.15, -0.1) is 0 Å². The first kappa shape index (κ1) is 23.5. The zero-order chi connectivity index (χ0) is 25.9. The number of amides is 2. The Bertz CT molecular complexity index is 1440. The Morgan fingerprint density at radius 2 is 1.59 bits per heavy atom. The van der Waals surface area contributed by atoms with Crippen LogP contribution in [0.5, 0.6) is 11.5 Å². The van der Waals surface area contributed by atoms with Crippen molar-refractivity contribution < 1.29 is 19.1 Å². The lowest BCUT2D eigenvalue weighted by molar-refractivity contribution is 0.0620. The summed E-state index contributed by atoms with van der Waals surface area (Å²) in [4.78, 5) is 33.1. The SMILES string of the molecule is CCOc1cc2c(c3c1OC(C)(C)C3)C(c1ccccc1)=NC(C)(CN1C(=O)c3ccccc3C1=O)C2. The summed E-state index contributed by atoms with van der Waals surface area (Å²) in [7, 11) is 0. The van der Waals surface area contributed by atoms with Crippen molar-refractivity contribution in [3.63, 3.8) is 0 Å². The van der Waals surface area contributed by atoms with Crippen molar-refractivity contribution in [1.29, 1.82) is 0 Å². The van der Waals surface area contributed by atoms with Gasteiger partial charge in [0.15, 0.2) is 11.5 Å². The van der Waals surface area contributed by atoms with Crippen LogP contribution in [0.3, 0.4) is 0 Å². The van der Waals surface area contributed by atoms with E-state index >= 15 is 0 Å². The van der Waals surface area contributed by atoms with Crippen LogP contribution in [0, 0.1) is 0 Å². The normalized spacial score (nSPS) is 21.2. The fourth-order valence-electron chi connectivity index (χ4n) is 5.86. The molecule has 6 nitrogen and oxygen atoms in total. The minimum absolute atomic E-state index is 0.193. The molecular formula is C31H30N2O4. The first-order valence-electron chi connectivity index (χ1n) is 12.8. The van der Waals surface area contributed by atoms with Gasteiger partial charge in [0.05, 0.1) is 35.5 Å². The molecular weight excluding hydrogens is 464 g/mol. The quantitative estimate of drug-likeness (QED) is 0.455. The highest BCUT2D eigenvalue weighted by atomic mass is 16.5. The number of hydrogen-bond acceptors (Lipinski definition) is 5. The van der Waals surface area contributed by atoms with Gasteiger partial charge in [-0.2, -0.15) is 0 Å². The summed E-state index contributed by atoms with van der Waals surface area (Å²) in [5, 5.41) is 0.